The first-order chi connectivity index (χ1) is 11.5. The lowest BCUT2D eigenvalue weighted by molar-refractivity contribution is 0.0697. The van der Waals surface area contributed by atoms with Gasteiger partial charge in [0.1, 0.15) is 11.6 Å². The van der Waals surface area contributed by atoms with Gasteiger partial charge in [-0.25, -0.2) is 23.1 Å². The molecule has 4 aromatic rings. The zero-order valence-electron chi connectivity index (χ0n) is 11.9. The molecular weight excluding hydrogens is 320 g/mol. The molecule has 0 amide bonds. The molecule has 0 fully saturated rings. The van der Waals surface area contributed by atoms with Gasteiger partial charge in [-0.05, 0) is 30.3 Å². The van der Waals surface area contributed by atoms with Gasteiger partial charge < -0.3 is 10.4 Å². The second kappa shape index (κ2) is 5.01. The van der Waals surface area contributed by atoms with Crippen LogP contribution >= 0.6 is 0 Å². The van der Waals surface area contributed by atoms with E-state index in [-0.39, 0.29) is 23.0 Å². The Labute approximate surface area is 132 Å². The lowest BCUT2D eigenvalue weighted by atomic mass is 10.2. The van der Waals surface area contributed by atoms with E-state index in [1.165, 1.54) is 22.7 Å². The number of nitrogens with one attached hydrogen (secondary N) is 2. The molecule has 4 rings (SSSR count). The second-order valence-corrected chi connectivity index (χ2v) is 5.08. The van der Waals surface area contributed by atoms with Crippen LogP contribution in [-0.2, 0) is 0 Å². The molecule has 0 aliphatic rings. The topological polar surface area (TPSA) is 95.3 Å². The maximum Gasteiger partial charge on any atom is 0.335 e. The van der Waals surface area contributed by atoms with Crippen molar-refractivity contribution in [1.82, 2.24) is 19.6 Å². The number of nitrogens with zero attached hydrogens (tertiary/aromatic N) is 3. The fourth-order valence-electron chi connectivity index (χ4n) is 2.39. The first-order valence-corrected chi connectivity index (χ1v) is 6.85. The van der Waals surface area contributed by atoms with Crippen molar-refractivity contribution in [3.05, 3.63) is 53.6 Å². The van der Waals surface area contributed by atoms with Crippen molar-refractivity contribution in [3.8, 4) is 0 Å². The SMILES string of the molecule is O=C(O)c1ccc2c(c1)nc1nc(Nc3ccc(F)cc3F)[nH]n12. The summed E-state index contributed by atoms with van der Waals surface area (Å²) in [5.41, 5.74) is 1.27. The molecule has 0 saturated carbocycles. The molecule has 0 saturated heterocycles. The number of anilines is 2. The average molecular weight is 329 g/mol. The summed E-state index contributed by atoms with van der Waals surface area (Å²) in [5.74, 6) is -1.96. The standard InChI is InChI=1S/C15H9F2N5O2/c16-8-2-3-10(9(17)6-8)18-14-20-15-19-11-5-7(13(23)24)1-4-12(11)22(15)21-14/h1-6H,(H,23,24)(H2,18,19,20,21). The molecule has 24 heavy (non-hydrogen) atoms. The van der Waals surface area contributed by atoms with E-state index in [0.717, 1.165) is 12.1 Å². The second-order valence-electron chi connectivity index (χ2n) is 5.08. The van der Waals surface area contributed by atoms with Crippen LogP contribution in [0.3, 0.4) is 0 Å². The summed E-state index contributed by atoms with van der Waals surface area (Å²) in [5, 5.41) is 14.6. The van der Waals surface area contributed by atoms with Gasteiger partial charge in [0.05, 0.1) is 22.3 Å². The molecule has 2 heterocycles. The number of imidazole rings is 1. The number of fused-ring (bicyclic) bond motifs is 3. The molecule has 0 unspecified atom stereocenters. The van der Waals surface area contributed by atoms with E-state index in [2.05, 4.69) is 20.4 Å². The fraction of sp³-hybridized carbons (Fsp3) is 0. The van der Waals surface area contributed by atoms with Crippen LogP contribution in [-0.4, -0.2) is 30.7 Å². The average Bonchev–Trinajstić information content (AvgIpc) is 3.06. The van der Waals surface area contributed by atoms with E-state index >= 15 is 0 Å². The van der Waals surface area contributed by atoms with Crippen LogP contribution in [0.1, 0.15) is 10.4 Å². The minimum atomic E-state index is -1.05. The molecular formula is C15H9F2N5O2. The zero-order chi connectivity index (χ0) is 16.8. The van der Waals surface area contributed by atoms with Gasteiger partial charge in [0.2, 0.25) is 5.95 Å². The first kappa shape index (κ1) is 14.1. The van der Waals surface area contributed by atoms with E-state index < -0.39 is 17.6 Å². The minimum absolute atomic E-state index is 0.0610. The molecule has 2 aromatic heterocycles. The van der Waals surface area contributed by atoms with Gasteiger partial charge in [-0.3, -0.25) is 5.10 Å². The molecule has 0 aliphatic carbocycles. The number of carboxylic acid groups (broad SMARTS) is 1. The van der Waals surface area contributed by atoms with Crippen molar-refractivity contribution in [2.75, 3.05) is 5.32 Å². The lowest BCUT2D eigenvalue weighted by Gasteiger charge is -2.03. The number of aromatic amines is 1. The van der Waals surface area contributed by atoms with Crippen molar-refractivity contribution in [2.24, 2.45) is 0 Å². The van der Waals surface area contributed by atoms with Gasteiger partial charge in [0.25, 0.3) is 5.78 Å². The van der Waals surface area contributed by atoms with E-state index in [0.29, 0.717) is 11.0 Å². The van der Waals surface area contributed by atoms with Crippen LogP contribution in [0.4, 0.5) is 20.4 Å². The Balaban J connectivity index is 1.74. The number of H-pyrrole nitrogens is 1. The summed E-state index contributed by atoms with van der Waals surface area (Å²) in [4.78, 5) is 19.4. The molecule has 2 aromatic carbocycles. The molecule has 0 bridgehead atoms. The maximum atomic E-state index is 13.7. The Kier molecular flexibility index (Phi) is 2.95. The number of aromatic nitrogens is 4. The van der Waals surface area contributed by atoms with Crippen LogP contribution < -0.4 is 5.32 Å². The van der Waals surface area contributed by atoms with Crippen molar-refractivity contribution in [3.63, 3.8) is 0 Å². The van der Waals surface area contributed by atoms with Crippen LogP contribution in [0.15, 0.2) is 36.4 Å². The van der Waals surface area contributed by atoms with E-state index in [1.807, 2.05) is 0 Å². The van der Waals surface area contributed by atoms with Crippen molar-refractivity contribution >= 4 is 34.4 Å². The third-order valence-electron chi connectivity index (χ3n) is 3.50. The summed E-state index contributed by atoms with van der Waals surface area (Å²) in [6.07, 6.45) is 0. The van der Waals surface area contributed by atoms with Crippen molar-refractivity contribution in [2.45, 2.75) is 0 Å². The molecule has 0 spiro atoms. The predicted molar refractivity (Wildman–Crippen MR) is 81.4 cm³/mol. The first-order valence-electron chi connectivity index (χ1n) is 6.85. The molecule has 7 nitrogen and oxygen atoms in total. The number of rotatable bonds is 3. The number of aromatic carboxylic acids is 1. The van der Waals surface area contributed by atoms with Gasteiger partial charge in [0, 0.05) is 6.07 Å². The minimum Gasteiger partial charge on any atom is -0.478 e. The largest absolute Gasteiger partial charge is 0.478 e. The third-order valence-corrected chi connectivity index (χ3v) is 3.50. The molecule has 0 atom stereocenters. The number of carbonyl (C=O) groups is 1. The predicted octanol–water partition coefficient (Wildman–Crippen LogP) is 2.93. The summed E-state index contributed by atoms with van der Waals surface area (Å²) in [6, 6.07) is 7.63. The van der Waals surface area contributed by atoms with Crippen LogP contribution in [0.2, 0.25) is 0 Å². The fourth-order valence-corrected chi connectivity index (χ4v) is 2.39. The number of halogens is 2. The van der Waals surface area contributed by atoms with E-state index in [9.17, 15) is 13.6 Å². The highest BCUT2D eigenvalue weighted by molar-refractivity contribution is 5.93. The van der Waals surface area contributed by atoms with Crippen LogP contribution in [0, 0.1) is 11.6 Å². The summed E-state index contributed by atoms with van der Waals surface area (Å²) in [6.45, 7) is 0. The molecule has 3 N–H and O–H groups in total. The zero-order valence-corrected chi connectivity index (χ0v) is 11.9. The quantitative estimate of drug-likeness (QED) is 0.537. The van der Waals surface area contributed by atoms with Gasteiger partial charge in [-0.2, -0.15) is 4.98 Å². The number of hydrogen-bond donors (Lipinski definition) is 3. The third kappa shape index (κ3) is 2.22. The molecule has 9 heteroatoms. The van der Waals surface area contributed by atoms with Gasteiger partial charge in [-0.15, -0.1) is 0 Å². The van der Waals surface area contributed by atoms with Crippen molar-refractivity contribution in [1.29, 1.82) is 0 Å². The smallest absolute Gasteiger partial charge is 0.335 e. The summed E-state index contributed by atoms with van der Waals surface area (Å²) < 4.78 is 28.1. The maximum absolute atomic E-state index is 13.7. The Hall–Kier alpha value is -3.49. The van der Waals surface area contributed by atoms with E-state index in [1.54, 1.807) is 6.07 Å². The highest BCUT2D eigenvalue weighted by Crippen LogP contribution is 2.21. The lowest BCUT2D eigenvalue weighted by Crippen LogP contribution is -1.97. The van der Waals surface area contributed by atoms with Crippen molar-refractivity contribution < 1.29 is 18.7 Å². The Morgan fingerprint density at radius 3 is 2.75 bits per heavy atom. The number of carboxylic acids is 1. The highest BCUT2D eigenvalue weighted by atomic mass is 19.1. The summed E-state index contributed by atoms with van der Waals surface area (Å²) >= 11 is 0. The summed E-state index contributed by atoms with van der Waals surface area (Å²) in [7, 11) is 0. The Morgan fingerprint density at radius 1 is 1.17 bits per heavy atom. The number of benzene rings is 2. The van der Waals surface area contributed by atoms with Crippen LogP contribution in [0.25, 0.3) is 16.8 Å². The van der Waals surface area contributed by atoms with Gasteiger partial charge >= 0.3 is 5.97 Å². The van der Waals surface area contributed by atoms with E-state index in [4.69, 9.17) is 5.11 Å². The molecule has 120 valence electrons. The molecule has 0 radical (unpaired) electrons. The highest BCUT2D eigenvalue weighted by Gasteiger charge is 2.13. The molecule has 0 aliphatic heterocycles. The Morgan fingerprint density at radius 2 is 2.00 bits per heavy atom. The number of hydrogen-bond acceptors (Lipinski definition) is 4. The van der Waals surface area contributed by atoms with Gasteiger partial charge in [0.15, 0.2) is 0 Å². The Bertz CT molecular complexity index is 1100. The monoisotopic (exact) mass is 329 g/mol. The van der Waals surface area contributed by atoms with Crippen LogP contribution in [0.5, 0.6) is 0 Å². The van der Waals surface area contributed by atoms with Gasteiger partial charge in [-0.1, -0.05) is 0 Å². The normalized spacial score (nSPS) is 11.2.